The molecule has 1 aliphatic heterocycles. The summed E-state index contributed by atoms with van der Waals surface area (Å²) in [5, 5.41) is 2.78. The van der Waals surface area contributed by atoms with Gasteiger partial charge in [0.1, 0.15) is 6.04 Å². The largest absolute Gasteiger partial charge is 0.493 e. The van der Waals surface area contributed by atoms with Crippen LogP contribution in [0.3, 0.4) is 0 Å². The number of nitrogens with one attached hydrogen (secondary N) is 1. The van der Waals surface area contributed by atoms with E-state index in [-0.39, 0.29) is 11.8 Å². The van der Waals surface area contributed by atoms with Gasteiger partial charge in [0.25, 0.3) is 5.91 Å². The lowest BCUT2D eigenvalue weighted by Crippen LogP contribution is -2.48. The third kappa shape index (κ3) is 4.05. The topological polar surface area (TPSA) is 67.9 Å². The van der Waals surface area contributed by atoms with Crippen LogP contribution in [0.2, 0.25) is 0 Å². The molecule has 2 aromatic rings. The van der Waals surface area contributed by atoms with E-state index in [0.717, 1.165) is 12.0 Å². The molecule has 3 rings (SSSR count). The molecule has 0 aromatic heterocycles. The van der Waals surface area contributed by atoms with Crippen LogP contribution in [0, 0.1) is 0 Å². The second-order valence-corrected chi connectivity index (χ2v) is 6.54. The number of nitrogens with zero attached hydrogens (tertiary/aromatic N) is 1. The van der Waals surface area contributed by atoms with Gasteiger partial charge >= 0.3 is 0 Å². The molecule has 142 valence electrons. The van der Waals surface area contributed by atoms with Gasteiger partial charge in [-0.15, -0.1) is 0 Å². The van der Waals surface area contributed by atoms with Crippen LogP contribution in [0.15, 0.2) is 42.5 Å². The number of methoxy groups -OCH3 is 2. The highest BCUT2D eigenvalue weighted by Crippen LogP contribution is 2.27. The molecule has 2 aromatic carbocycles. The molecule has 1 aliphatic rings. The van der Waals surface area contributed by atoms with E-state index < -0.39 is 6.04 Å². The van der Waals surface area contributed by atoms with Gasteiger partial charge < -0.3 is 19.7 Å². The van der Waals surface area contributed by atoms with E-state index in [4.69, 9.17) is 9.47 Å². The van der Waals surface area contributed by atoms with Crippen LogP contribution in [-0.4, -0.2) is 43.5 Å². The normalized spacial score (nSPS) is 14.1. The van der Waals surface area contributed by atoms with Crippen LogP contribution in [0.1, 0.15) is 28.4 Å². The highest BCUT2D eigenvalue weighted by molar-refractivity contribution is 5.98. The van der Waals surface area contributed by atoms with Gasteiger partial charge in [-0.1, -0.05) is 24.3 Å². The Morgan fingerprint density at radius 2 is 1.74 bits per heavy atom. The molecule has 6 heteroatoms. The van der Waals surface area contributed by atoms with Gasteiger partial charge in [0.05, 0.1) is 14.2 Å². The van der Waals surface area contributed by atoms with E-state index in [9.17, 15) is 9.59 Å². The number of amides is 2. The van der Waals surface area contributed by atoms with Crippen LogP contribution in [0.5, 0.6) is 11.5 Å². The van der Waals surface area contributed by atoms with Crippen LogP contribution in [0.25, 0.3) is 0 Å². The Bertz CT molecular complexity index is 850. The molecule has 0 saturated heterocycles. The van der Waals surface area contributed by atoms with Gasteiger partial charge in [0.2, 0.25) is 5.91 Å². The molecule has 1 heterocycles. The SMILES string of the molecule is COc1ccc(C(=O)N[C@@H](C)C(=O)N2CCc3ccccc3C2)cc1OC. The molecule has 6 nitrogen and oxygen atoms in total. The van der Waals surface area contributed by atoms with E-state index >= 15 is 0 Å². The average Bonchev–Trinajstić information content (AvgIpc) is 2.72. The van der Waals surface area contributed by atoms with Crippen molar-refractivity contribution in [1.82, 2.24) is 10.2 Å². The quantitative estimate of drug-likeness (QED) is 0.880. The molecule has 0 saturated carbocycles. The second-order valence-electron chi connectivity index (χ2n) is 6.54. The molecular formula is C21H24N2O4. The first-order chi connectivity index (χ1) is 13.0. The minimum atomic E-state index is -0.615. The first-order valence-corrected chi connectivity index (χ1v) is 8.92. The van der Waals surface area contributed by atoms with Gasteiger partial charge in [-0.3, -0.25) is 9.59 Å². The summed E-state index contributed by atoms with van der Waals surface area (Å²) < 4.78 is 10.4. The predicted molar refractivity (Wildman–Crippen MR) is 102 cm³/mol. The summed E-state index contributed by atoms with van der Waals surface area (Å²) in [6, 6.07) is 12.4. The maximum atomic E-state index is 12.8. The molecule has 0 unspecified atom stereocenters. The standard InChI is InChI=1S/C21H24N2O4/c1-14(21(25)23-11-10-15-6-4-5-7-17(15)13-23)22-20(24)16-8-9-18(26-2)19(12-16)27-3/h4-9,12,14H,10-11,13H2,1-3H3,(H,22,24)/t14-/m0/s1. The first kappa shape index (κ1) is 18.8. The number of fused-ring (bicyclic) bond motifs is 1. The van der Waals surface area contributed by atoms with E-state index in [2.05, 4.69) is 11.4 Å². The molecule has 0 aliphatic carbocycles. The number of rotatable bonds is 5. The Morgan fingerprint density at radius 3 is 2.44 bits per heavy atom. The van der Waals surface area contributed by atoms with E-state index in [1.54, 1.807) is 30.0 Å². The Labute approximate surface area is 159 Å². The third-order valence-electron chi connectivity index (χ3n) is 4.81. The van der Waals surface area contributed by atoms with Crippen LogP contribution in [0.4, 0.5) is 0 Å². The monoisotopic (exact) mass is 368 g/mol. The highest BCUT2D eigenvalue weighted by atomic mass is 16.5. The maximum absolute atomic E-state index is 12.8. The van der Waals surface area contributed by atoms with Crippen molar-refractivity contribution in [2.24, 2.45) is 0 Å². The number of hydrogen-bond acceptors (Lipinski definition) is 4. The summed E-state index contributed by atoms with van der Waals surface area (Å²) in [6.07, 6.45) is 0.832. The molecule has 1 atom stereocenters. The zero-order valence-electron chi connectivity index (χ0n) is 15.8. The molecule has 0 radical (unpaired) electrons. The second kappa shape index (κ2) is 8.12. The van der Waals surface area contributed by atoms with Crippen molar-refractivity contribution in [3.63, 3.8) is 0 Å². The van der Waals surface area contributed by atoms with Crippen LogP contribution in [-0.2, 0) is 17.8 Å². The summed E-state index contributed by atoms with van der Waals surface area (Å²) >= 11 is 0. The predicted octanol–water partition coefficient (Wildman–Crippen LogP) is 2.41. The maximum Gasteiger partial charge on any atom is 0.252 e. The molecule has 1 N–H and O–H groups in total. The average molecular weight is 368 g/mol. The van der Waals surface area contributed by atoms with Crippen molar-refractivity contribution in [2.45, 2.75) is 25.9 Å². The highest BCUT2D eigenvalue weighted by Gasteiger charge is 2.26. The fraction of sp³-hybridized carbons (Fsp3) is 0.333. The van der Waals surface area contributed by atoms with Gasteiger partial charge in [-0.2, -0.15) is 0 Å². The van der Waals surface area contributed by atoms with Gasteiger partial charge in [-0.25, -0.2) is 0 Å². The minimum Gasteiger partial charge on any atom is -0.493 e. The third-order valence-corrected chi connectivity index (χ3v) is 4.81. The smallest absolute Gasteiger partial charge is 0.252 e. The fourth-order valence-electron chi connectivity index (χ4n) is 3.28. The molecule has 0 spiro atoms. The fourth-order valence-corrected chi connectivity index (χ4v) is 3.28. The van der Waals surface area contributed by atoms with Gasteiger partial charge in [0, 0.05) is 18.7 Å². The lowest BCUT2D eigenvalue weighted by atomic mass is 9.99. The zero-order chi connectivity index (χ0) is 19.4. The summed E-state index contributed by atoms with van der Waals surface area (Å²) in [7, 11) is 3.05. The van der Waals surface area contributed by atoms with Crippen molar-refractivity contribution in [1.29, 1.82) is 0 Å². The van der Waals surface area contributed by atoms with E-state index in [1.807, 2.05) is 18.2 Å². The molecule has 0 fully saturated rings. The van der Waals surface area contributed by atoms with Gasteiger partial charge in [-0.05, 0) is 42.7 Å². The minimum absolute atomic E-state index is 0.0849. The zero-order valence-corrected chi connectivity index (χ0v) is 15.8. The lowest BCUT2D eigenvalue weighted by Gasteiger charge is -2.31. The van der Waals surface area contributed by atoms with Crippen LogP contribution < -0.4 is 14.8 Å². The summed E-state index contributed by atoms with van der Waals surface area (Å²) in [5.74, 6) is 0.606. The van der Waals surface area contributed by atoms with Crippen LogP contribution >= 0.6 is 0 Å². The van der Waals surface area contributed by atoms with Crippen molar-refractivity contribution < 1.29 is 19.1 Å². The Balaban J connectivity index is 1.65. The Morgan fingerprint density at radius 1 is 1.04 bits per heavy atom. The number of benzene rings is 2. The van der Waals surface area contributed by atoms with Crippen molar-refractivity contribution in [2.75, 3.05) is 20.8 Å². The summed E-state index contributed by atoms with van der Waals surface area (Å²) in [4.78, 5) is 27.1. The number of hydrogen-bond donors (Lipinski definition) is 1. The van der Waals surface area contributed by atoms with Crippen molar-refractivity contribution in [3.8, 4) is 11.5 Å². The Hall–Kier alpha value is -3.02. The molecule has 2 amide bonds. The summed E-state index contributed by atoms with van der Waals surface area (Å²) in [6.45, 7) is 2.94. The van der Waals surface area contributed by atoms with Crippen molar-refractivity contribution in [3.05, 3.63) is 59.2 Å². The lowest BCUT2D eigenvalue weighted by molar-refractivity contribution is -0.133. The first-order valence-electron chi connectivity index (χ1n) is 8.92. The summed E-state index contributed by atoms with van der Waals surface area (Å²) in [5.41, 5.74) is 2.86. The van der Waals surface area contributed by atoms with Crippen molar-refractivity contribution >= 4 is 11.8 Å². The molecule has 0 bridgehead atoms. The number of carbonyl (C=O) groups excluding carboxylic acids is 2. The van der Waals surface area contributed by atoms with Gasteiger partial charge in [0.15, 0.2) is 11.5 Å². The number of ether oxygens (including phenoxy) is 2. The van der Waals surface area contributed by atoms with E-state index in [0.29, 0.717) is 30.2 Å². The number of carbonyl (C=O) groups is 2. The Kier molecular flexibility index (Phi) is 5.64. The molecular weight excluding hydrogens is 344 g/mol. The van der Waals surface area contributed by atoms with E-state index in [1.165, 1.54) is 19.8 Å². The molecule has 27 heavy (non-hydrogen) atoms.